The first-order valence-corrected chi connectivity index (χ1v) is 5.59. The first-order valence-electron chi connectivity index (χ1n) is 5.59. The van der Waals surface area contributed by atoms with Crippen LogP contribution in [0.5, 0.6) is 0 Å². The zero-order valence-electron chi connectivity index (χ0n) is 11.5. The molecule has 1 rings (SSSR count). The van der Waals surface area contributed by atoms with E-state index in [2.05, 4.69) is 22.4 Å². The van der Waals surface area contributed by atoms with E-state index in [4.69, 9.17) is 0 Å². The molecule has 0 radical (unpaired) electrons. The molecule has 0 amide bonds. The molecule has 16 heavy (non-hydrogen) atoms. The van der Waals surface area contributed by atoms with E-state index in [1.165, 1.54) is 25.7 Å². The second-order valence-electron chi connectivity index (χ2n) is 3.69. The van der Waals surface area contributed by atoms with Crippen molar-refractivity contribution in [2.24, 2.45) is 5.92 Å². The summed E-state index contributed by atoms with van der Waals surface area (Å²) in [5.74, 6) is 0.966. The third kappa shape index (κ3) is 20.2. The summed E-state index contributed by atoms with van der Waals surface area (Å²) in [6.45, 7) is 1.07. The molecule has 4 heteroatoms. The Morgan fingerprint density at radius 2 is 1.56 bits per heavy atom. The average Bonchev–Trinajstić information content (AvgIpc) is 2.70. The molecule has 0 N–H and O–H groups in total. The number of hydrogen-bond acceptors (Lipinski definition) is 0. The molecule has 0 aromatic rings. The van der Waals surface area contributed by atoms with Crippen LogP contribution in [0.15, 0.2) is 0 Å². The summed E-state index contributed by atoms with van der Waals surface area (Å²) in [6.07, 6.45) is 7.81. The Morgan fingerprint density at radius 1 is 1.06 bits per heavy atom. The zero-order valence-corrected chi connectivity index (χ0v) is 15.1. The van der Waals surface area contributed by atoms with Gasteiger partial charge in [0.05, 0.1) is 0 Å². The summed E-state index contributed by atoms with van der Waals surface area (Å²) in [6, 6.07) is 0. The molecular weight excluding hydrogens is 365 g/mol. The summed E-state index contributed by atoms with van der Waals surface area (Å²) in [5.41, 5.74) is 0. The van der Waals surface area contributed by atoms with Crippen LogP contribution in [-0.2, 0) is 25.8 Å². The maximum atomic E-state index is 4.09. The Morgan fingerprint density at radius 3 is 1.88 bits per heavy atom. The molecule has 0 aromatic carbocycles. The maximum Gasteiger partial charge on any atom is 4.00 e. The molecule has 1 unspecified atom stereocenters. The van der Waals surface area contributed by atoms with Gasteiger partial charge in [0.25, 0.3) is 0 Å². The molecule has 94 valence electrons. The summed E-state index contributed by atoms with van der Waals surface area (Å²) >= 11 is 0. The van der Waals surface area contributed by atoms with Crippen LogP contribution in [0.3, 0.4) is 0 Å². The van der Waals surface area contributed by atoms with Gasteiger partial charge in [-0.3, -0.25) is 0 Å². The number of nitrogens with zero attached hydrogens (tertiary/aromatic N) is 3. The van der Waals surface area contributed by atoms with Crippen LogP contribution in [0.1, 0.15) is 25.7 Å². The van der Waals surface area contributed by atoms with Crippen LogP contribution in [-0.4, -0.2) is 41.8 Å². The van der Waals surface area contributed by atoms with Gasteiger partial charge in [-0.2, -0.15) is 48.1 Å². The van der Waals surface area contributed by atoms with Gasteiger partial charge in [0.2, 0.25) is 0 Å². The van der Waals surface area contributed by atoms with Gasteiger partial charge in [-0.05, 0) is 0 Å². The second kappa shape index (κ2) is 21.1. The normalized spacial score (nSPS) is 17.4. The van der Waals surface area contributed by atoms with E-state index in [0.29, 0.717) is 0 Å². The van der Waals surface area contributed by atoms with Gasteiger partial charge < -0.3 is 22.4 Å². The van der Waals surface area contributed by atoms with Gasteiger partial charge in [-0.1, -0.05) is 18.8 Å². The third-order valence-corrected chi connectivity index (χ3v) is 2.04. The van der Waals surface area contributed by atoms with Gasteiger partial charge in [0.1, 0.15) is 0 Å². The molecular formula is C12H27HfN3. The Kier molecular flexibility index (Phi) is 29.0. The van der Waals surface area contributed by atoms with Crippen LogP contribution >= 0.6 is 0 Å². The zero-order chi connectivity index (χ0) is 11.9. The van der Waals surface area contributed by atoms with Crippen molar-refractivity contribution >= 4 is 0 Å². The van der Waals surface area contributed by atoms with Crippen molar-refractivity contribution in [2.75, 3.05) is 41.8 Å². The topological polar surface area (TPSA) is 42.3 Å². The molecule has 0 bridgehead atoms. The van der Waals surface area contributed by atoms with Crippen molar-refractivity contribution in [3.63, 3.8) is 0 Å². The van der Waals surface area contributed by atoms with E-state index in [1.807, 2.05) is 7.05 Å². The molecule has 1 saturated carbocycles. The predicted molar refractivity (Wildman–Crippen MR) is 70.8 cm³/mol. The largest absolute Gasteiger partial charge is 4.00 e. The van der Waals surface area contributed by atoms with Crippen LogP contribution in [0.2, 0.25) is 0 Å². The fraction of sp³-hybridized carbons (Fsp3) is 0.917. The van der Waals surface area contributed by atoms with Gasteiger partial charge >= 0.3 is 25.8 Å². The van der Waals surface area contributed by atoms with Crippen LogP contribution in [0.4, 0.5) is 0 Å². The fourth-order valence-electron chi connectivity index (χ4n) is 1.40. The Balaban J connectivity index is -0.000000207. The Labute approximate surface area is 121 Å². The van der Waals surface area contributed by atoms with Crippen LogP contribution in [0.25, 0.3) is 16.0 Å². The standard InChI is InChI=1S/C8H15N.2C2H6N.Hf/c1-9-7-6-8-4-2-3-5-8;2*1-3-2;/h2,8H,3-7H2,1H3;2*1-2H3;/q-2;2*-1;+4. The van der Waals surface area contributed by atoms with E-state index >= 15 is 0 Å². The van der Waals surface area contributed by atoms with Crippen LogP contribution in [0, 0.1) is 12.3 Å². The van der Waals surface area contributed by atoms with Crippen molar-refractivity contribution in [1.82, 2.24) is 0 Å². The average molecular weight is 392 g/mol. The minimum Gasteiger partial charge on any atom is -0.668 e. The molecule has 0 aliphatic heterocycles. The van der Waals surface area contributed by atoms with Gasteiger partial charge in [-0.25, -0.2) is 0 Å². The minimum atomic E-state index is 0. The molecule has 0 aromatic heterocycles. The van der Waals surface area contributed by atoms with Crippen molar-refractivity contribution in [3.8, 4) is 0 Å². The van der Waals surface area contributed by atoms with Crippen molar-refractivity contribution in [1.29, 1.82) is 0 Å². The second-order valence-corrected chi connectivity index (χ2v) is 3.69. The van der Waals surface area contributed by atoms with Gasteiger partial charge in [0.15, 0.2) is 0 Å². The van der Waals surface area contributed by atoms with Gasteiger partial charge in [-0.15, -0.1) is 6.54 Å². The molecule has 1 aliphatic rings. The van der Waals surface area contributed by atoms with E-state index in [9.17, 15) is 0 Å². The van der Waals surface area contributed by atoms with Crippen molar-refractivity contribution in [2.45, 2.75) is 25.7 Å². The SMILES string of the molecule is C[N-]C.C[N-]C.C[N-]CCC1C[CH-]CC1.[Hf+4]. The molecule has 3 nitrogen and oxygen atoms in total. The van der Waals surface area contributed by atoms with Crippen molar-refractivity contribution in [3.05, 3.63) is 22.4 Å². The first kappa shape index (κ1) is 22.0. The van der Waals surface area contributed by atoms with Crippen LogP contribution < -0.4 is 0 Å². The summed E-state index contributed by atoms with van der Waals surface area (Å²) in [7, 11) is 8.90. The first-order chi connectivity index (χ1) is 7.26. The smallest absolute Gasteiger partial charge is 0.668 e. The van der Waals surface area contributed by atoms with E-state index in [0.717, 1.165) is 12.5 Å². The molecule has 1 aliphatic carbocycles. The summed E-state index contributed by atoms with van der Waals surface area (Å²) < 4.78 is 0. The molecule has 0 spiro atoms. The minimum absolute atomic E-state index is 0. The monoisotopic (exact) mass is 393 g/mol. The molecule has 0 heterocycles. The molecule has 1 fully saturated rings. The quantitative estimate of drug-likeness (QED) is 0.521. The van der Waals surface area contributed by atoms with E-state index in [-0.39, 0.29) is 25.8 Å². The fourth-order valence-corrected chi connectivity index (χ4v) is 1.40. The summed E-state index contributed by atoms with van der Waals surface area (Å²) in [5, 5.41) is 11.1. The maximum absolute atomic E-state index is 4.09. The Bertz CT molecular complexity index is 94.3. The van der Waals surface area contributed by atoms with E-state index in [1.54, 1.807) is 28.2 Å². The third-order valence-electron chi connectivity index (χ3n) is 2.04. The number of rotatable bonds is 3. The van der Waals surface area contributed by atoms with Gasteiger partial charge in [0, 0.05) is 0 Å². The number of hydrogen-bond donors (Lipinski definition) is 0. The molecule has 0 saturated heterocycles. The Hall–Kier alpha value is 0.750. The van der Waals surface area contributed by atoms with Crippen molar-refractivity contribution < 1.29 is 25.8 Å². The summed E-state index contributed by atoms with van der Waals surface area (Å²) in [4.78, 5) is 0. The predicted octanol–water partition coefficient (Wildman–Crippen LogP) is 3.62. The molecule has 1 atom stereocenters. The van der Waals surface area contributed by atoms with E-state index < -0.39 is 0 Å².